The van der Waals surface area contributed by atoms with E-state index in [2.05, 4.69) is 14.2 Å². The van der Waals surface area contributed by atoms with Gasteiger partial charge < -0.3 is 14.2 Å². The quantitative estimate of drug-likeness (QED) is 0.554. The lowest BCUT2D eigenvalue weighted by Gasteiger charge is -2.15. The van der Waals surface area contributed by atoms with Crippen LogP contribution in [0.3, 0.4) is 0 Å². The molecular weight excluding hydrogens is 243 g/mol. The SMILES string of the molecule is COCC(F)(F)COC(=O)OCC(F)(F)F. The lowest BCUT2D eigenvalue weighted by molar-refractivity contribution is -0.169. The van der Waals surface area contributed by atoms with Crippen molar-refractivity contribution in [2.24, 2.45) is 0 Å². The predicted octanol–water partition coefficient (Wildman–Crippen LogP) is 1.98. The molecule has 0 saturated carbocycles. The third-order valence-corrected chi connectivity index (χ3v) is 1.11. The zero-order valence-corrected chi connectivity index (χ0v) is 8.14. The largest absolute Gasteiger partial charge is 0.508 e. The fourth-order valence-electron chi connectivity index (χ4n) is 0.600. The van der Waals surface area contributed by atoms with Gasteiger partial charge in [0, 0.05) is 7.11 Å². The van der Waals surface area contributed by atoms with Crippen molar-refractivity contribution in [3.8, 4) is 0 Å². The summed E-state index contributed by atoms with van der Waals surface area (Å²) in [6.45, 7) is -4.31. The first-order valence-electron chi connectivity index (χ1n) is 3.89. The van der Waals surface area contributed by atoms with Crippen LogP contribution in [0.1, 0.15) is 0 Å². The molecule has 0 fully saturated rings. The number of hydrogen-bond acceptors (Lipinski definition) is 4. The van der Waals surface area contributed by atoms with E-state index in [0.29, 0.717) is 0 Å². The minimum absolute atomic E-state index is 0.996. The van der Waals surface area contributed by atoms with E-state index in [9.17, 15) is 26.7 Å². The molecule has 4 nitrogen and oxygen atoms in total. The minimum Gasteiger partial charge on any atom is -0.428 e. The molecule has 96 valence electrons. The first-order valence-corrected chi connectivity index (χ1v) is 3.89. The monoisotopic (exact) mass is 252 g/mol. The summed E-state index contributed by atoms with van der Waals surface area (Å²) in [5.41, 5.74) is 0. The van der Waals surface area contributed by atoms with E-state index in [1.54, 1.807) is 0 Å². The van der Waals surface area contributed by atoms with Crippen LogP contribution in [0.4, 0.5) is 26.7 Å². The van der Waals surface area contributed by atoms with Crippen molar-refractivity contribution in [3.63, 3.8) is 0 Å². The number of carbonyl (C=O) groups excluding carboxylic acids is 1. The van der Waals surface area contributed by atoms with Crippen molar-refractivity contribution in [1.82, 2.24) is 0 Å². The molecule has 0 radical (unpaired) electrons. The number of carbonyl (C=O) groups is 1. The Morgan fingerprint density at radius 1 is 1.00 bits per heavy atom. The van der Waals surface area contributed by atoms with Crippen LogP contribution in [0, 0.1) is 0 Å². The molecule has 0 atom stereocenters. The van der Waals surface area contributed by atoms with Crippen molar-refractivity contribution >= 4 is 6.16 Å². The molecule has 0 bridgehead atoms. The zero-order chi connectivity index (χ0) is 12.8. The molecule has 0 heterocycles. The summed E-state index contributed by atoms with van der Waals surface area (Å²) < 4.78 is 71.1. The second-order valence-corrected chi connectivity index (χ2v) is 2.73. The molecule has 0 amide bonds. The summed E-state index contributed by atoms with van der Waals surface area (Å²) in [5.74, 6) is -3.47. The van der Waals surface area contributed by atoms with Gasteiger partial charge in [0.25, 0.3) is 0 Å². The van der Waals surface area contributed by atoms with E-state index >= 15 is 0 Å². The molecule has 0 saturated heterocycles. The Kier molecular flexibility index (Phi) is 5.42. The van der Waals surface area contributed by atoms with Crippen LogP contribution >= 0.6 is 0 Å². The van der Waals surface area contributed by atoms with Gasteiger partial charge in [-0.1, -0.05) is 0 Å². The van der Waals surface area contributed by atoms with E-state index in [-0.39, 0.29) is 0 Å². The van der Waals surface area contributed by atoms with Gasteiger partial charge in [-0.15, -0.1) is 0 Å². The zero-order valence-electron chi connectivity index (χ0n) is 8.14. The van der Waals surface area contributed by atoms with Gasteiger partial charge >= 0.3 is 18.3 Å². The summed E-state index contributed by atoms with van der Waals surface area (Å²) in [7, 11) is 0.996. The molecule has 0 aliphatic rings. The molecule has 0 aliphatic heterocycles. The van der Waals surface area contributed by atoms with E-state index in [1.165, 1.54) is 0 Å². The lowest BCUT2D eigenvalue weighted by atomic mass is 10.4. The normalized spacial score (nSPS) is 12.4. The van der Waals surface area contributed by atoms with Crippen LogP contribution in [0.2, 0.25) is 0 Å². The van der Waals surface area contributed by atoms with Crippen LogP contribution in [0.5, 0.6) is 0 Å². The predicted molar refractivity (Wildman–Crippen MR) is 40.2 cm³/mol. The second-order valence-electron chi connectivity index (χ2n) is 2.73. The van der Waals surface area contributed by atoms with Crippen molar-refractivity contribution in [3.05, 3.63) is 0 Å². The Labute approximate surface area is 87.3 Å². The molecule has 0 aromatic carbocycles. The van der Waals surface area contributed by atoms with Gasteiger partial charge in [0.15, 0.2) is 13.2 Å². The van der Waals surface area contributed by atoms with Crippen LogP contribution < -0.4 is 0 Å². The summed E-state index contributed by atoms with van der Waals surface area (Å²) in [6, 6.07) is 0. The van der Waals surface area contributed by atoms with E-state index in [1.807, 2.05) is 0 Å². The number of alkyl halides is 5. The van der Waals surface area contributed by atoms with Gasteiger partial charge in [-0.25, -0.2) is 13.6 Å². The highest BCUT2D eigenvalue weighted by Gasteiger charge is 2.33. The Bertz CT molecular complexity index is 227. The Hall–Kier alpha value is -1.12. The maximum absolute atomic E-state index is 12.6. The molecule has 0 aliphatic carbocycles. The van der Waals surface area contributed by atoms with Crippen LogP contribution in [0.15, 0.2) is 0 Å². The van der Waals surface area contributed by atoms with Crippen LogP contribution in [0.25, 0.3) is 0 Å². The maximum atomic E-state index is 12.6. The van der Waals surface area contributed by atoms with Crippen LogP contribution in [-0.2, 0) is 14.2 Å². The van der Waals surface area contributed by atoms with Gasteiger partial charge in [0.2, 0.25) is 0 Å². The lowest BCUT2D eigenvalue weighted by Crippen LogP contribution is -2.31. The molecule has 0 aromatic heterocycles. The third kappa shape index (κ3) is 8.21. The number of ether oxygens (including phenoxy) is 3. The molecule has 0 spiro atoms. The van der Waals surface area contributed by atoms with E-state index < -0.39 is 38.1 Å². The van der Waals surface area contributed by atoms with Gasteiger partial charge in [0.05, 0.1) is 0 Å². The molecule has 0 unspecified atom stereocenters. The highest BCUT2D eigenvalue weighted by atomic mass is 19.4. The number of hydrogen-bond donors (Lipinski definition) is 0. The highest BCUT2D eigenvalue weighted by Crippen LogP contribution is 2.16. The fourth-order valence-corrected chi connectivity index (χ4v) is 0.600. The average molecular weight is 252 g/mol. The number of halogens is 5. The summed E-state index contributed by atoms with van der Waals surface area (Å²) in [4.78, 5) is 10.4. The van der Waals surface area contributed by atoms with Crippen molar-refractivity contribution in [2.45, 2.75) is 12.1 Å². The standard InChI is InChI=1S/C7H9F5O4/c1-14-2-6(8,9)3-15-5(13)16-4-7(10,11)12/h2-4H2,1H3. The molecular formula is C7H9F5O4. The van der Waals surface area contributed by atoms with Gasteiger partial charge in [-0.2, -0.15) is 13.2 Å². The molecule has 0 rings (SSSR count). The average Bonchev–Trinajstić information content (AvgIpc) is 2.10. The third-order valence-electron chi connectivity index (χ3n) is 1.11. The second kappa shape index (κ2) is 5.83. The first-order chi connectivity index (χ1) is 7.16. The summed E-state index contributed by atoms with van der Waals surface area (Å²) in [6.07, 6.45) is -6.54. The van der Waals surface area contributed by atoms with Crippen molar-refractivity contribution in [2.75, 3.05) is 26.9 Å². The molecule has 0 aromatic rings. The Morgan fingerprint density at radius 2 is 1.50 bits per heavy atom. The Morgan fingerprint density at radius 3 is 1.94 bits per heavy atom. The number of rotatable bonds is 5. The smallest absolute Gasteiger partial charge is 0.428 e. The topological polar surface area (TPSA) is 44.8 Å². The molecule has 0 N–H and O–H groups in total. The van der Waals surface area contributed by atoms with Gasteiger partial charge in [-0.3, -0.25) is 0 Å². The highest BCUT2D eigenvalue weighted by molar-refractivity contribution is 5.59. The van der Waals surface area contributed by atoms with E-state index in [0.717, 1.165) is 7.11 Å². The van der Waals surface area contributed by atoms with Crippen molar-refractivity contribution in [1.29, 1.82) is 0 Å². The van der Waals surface area contributed by atoms with Gasteiger partial charge in [0.1, 0.15) is 6.61 Å². The number of methoxy groups -OCH3 is 1. The summed E-state index contributed by atoms with van der Waals surface area (Å²) in [5, 5.41) is 0. The maximum Gasteiger partial charge on any atom is 0.508 e. The molecule has 16 heavy (non-hydrogen) atoms. The van der Waals surface area contributed by atoms with Crippen LogP contribution in [-0.4, -0.2) is 45.2 Å². The van der Waals surface area contributed by atoms with Crippen molar-refractivity contribution < 1.29 is 41.0 Å². The first kappa shape index (κ1) is 14.9. The van der Waals surface area contributed by atoms with E-state index in [4.69, 9.17) is 0 Å². The van der Waals surface area contributed by atoms with Gasteiger partial charge in [-0.05, 0) is 0 Å². The molecule has 9 heteroatoms. The Balaban J connectivity index is 3.81. The fraction of sp³-hybridized carbons (Fsp3) is 0.857. The summed E-state index contributed by atoms with van der Waals surface area (Å²) >= 11 is 0. The minimum atomic E-state index is -4.73.